The summed E-state index contributed by atoms with van der Waals surface area (Å²) in [5.74, 6) is -0.443. The second kappa shape index (κ2) is 11.5. The highest BCUT2D eigenvalue weighted by Gasteiger charge is 2.25. The molecule has 0 aliphatic carbocycles. The first-order valence-corrected chi connectivity index (χ1v) is 11.5. The number of amides is 2. The molecule has 2 amide bonds. The number of benzene rings is 1. The maximum Gasteiger partial charge on any atom is 0.243 e. The van der Waals surface area contributed by atoms with Gasteiger partial charge in [0.05, 0.1) is 21.3 Å². The Morgan fingerprint density at radius 3 is 2.47 bits per heavy atom. The summed E-state index contributed by atoms with van der Waals surface area (Å²) in [6.45, 7) is 3.98. The first kappa shape index (κ1) is 23.6. The SMILES string of the molecule is CCC(=O)N[C@@H](Cc1nc(C)c(-c2ccccn2)s1)C(=O)N[C@H](CN)Cc1ccccc1. The molecular formula is C24H29N5O2S. The van der Waals surface area contributed by atoms with Gasteiger partial charge in [0.15, 0.2) is 0 Å². The van der Waals surface area contributed by atoms with Crippen LogP contribution in [-0.2, 0) is 22.4 Å². The molecule has 0 aliphatic heterocycles. The molecule has 0 bridgehead atoms. The lowest BCUT2D eigenvalue weighted by Crippen LogP contribution is -2.52. The quantitative estimate of drug-likeness (QED) is 0.439. The van der Waals surface area contributed by atoms with E-state index in [1.54, 1.807) is 13.1 Å². The molecule has 0 aliphatic rings. The van der Waals surface area contributed by atoms with E-state index >= 15 is 0 Å². The fraction of sp³-hybridized carbons (Fsp3) is 0.333. The number of aryl methyl sites for hydroxylation is 1. The topological polar surface area (TPSA) is 110 Å². The van der Waals surface area contributed by atoms with E-state index in [0.29, 0.717) is 25.8 Å². The summed E-state index contributed by atoms with van der Waals surface area (Å²) in [6.07, 6.45) is 2.96. The molecule has 32 heavy (non-hydrogen) atoms. The Morgan fingerprint density at radius 1 is 1.06 bits per heavy atom. The Labute approximate surface area is 192 Å². The van der Waals surface area contributed by atoms with Crippen LogP contribution in [0.1, 0.15) is 29.6 Å². The van der Waals surface area contributed by atoms with E-state index in [1.165, 1.54) is 11.3 Å². The van der Waals surface area contributed by atoms with Crippen LogP contribution in [0.5, 0.6) is 0 Å². The van der Waals surface area contributed by atoms with Crippen molar-refractivity contribution in [1.29, 1.82) is 0 Å². The Kier molecular flexibility index (Phi) is 8.47. The number of thiazole rings is 1. The Bertz CT molecular complexity index is 1020. The van der Waals surface area contributed by atoms with E-state index in [0.717, 1.165) is 26.8 Å². The van der Waals surface area contributed by atoms with Crippen molar-refractivity contribution in [2.75, 3.05) is 6.54 Å². The van der Waals surface area contributed by atoms with Crippen molar-refractivity contribution < 1.29 is 9.59 Å². The lowest BCUT2D eigenvalue weighted by atomic mass is 10.1. The fourth-order valence-corrected chi connectivity index (χ4v) is 4.44. The molecule has 2 atom stereocenters. The average Bonchev–Trinajstić information content (AvgIpc) is 3.19. The predicted octanol–water partition coefficient (Wildman–Crippen LogP) is 2.64. The maximum absolute atomic E-state index is 13.1. The molecule has 4 N–H and O–H groups in total. The minimum absolute atomic E-state index is 0.185. The second-order valence-corrected chi connectivity index (χ2v) is 8.63. The second-order valence-electron chi connectivity index (χ2n) is 7.55. The number of carbonyl (C=O) groups is 2. The predicted molar refractivity (Wildman–Crippen MR) is 127 cm³/mol. The molecule has 3 rings (SSSR count). The summed E-state index contributed by atoms with van der Waals surface area (Å²) in [5.41, 5.74) is 8.71. The Hall–Kier alpha value is -3.10. The van der Waals surface area contributed by atoms with Crippen molar-refractivity contribution in [1.82, 2.24) is 20.6 Å². The van der Waals surface area contributed by atoms with Crippen molar-refractivity contribution >= 4 is 23.2 Å². The zero-order valence-electron chi connectivity index (χ0n) is 18.4. The minimum atomic E-state index is -0.727. The fourth-order valence-electron chi connectivity index (χ4n) is 3.35. The van der Waals surface area contributed by atoms with Gasteiger partial charge in [-0.1, -0.05) is 43.3 Å². The van der Waals surface area contributed by atoms with Crippen LogP contribution in [0.4, 0.5) is 0 Å². The van der Waals surface area contributed by atoms with Crippen LogP contribution in [0.2, 0.25) is 0 Å². The smallest absolute Gasteiger partial charge is 0.243 e. The summed E-state index contributed by atoms with van der Waals surface area (Å²) in [5, 5.41) is 6.61. The molecule has 0 saturated carbocycles. The summed E-state index contributed by atoms with van der Waals surface area (Å²) in [6, 6.07) is 14.6. The van der Waals surface area contributed by atoms with Crippen LogP contribution in [0.15, 0.2) is 54.7 Å². The van der Waals surface area contributed by atoms with Crippen molar-refractivity contribution in [2.45, 2.75) is 45.2 Å². The highest BCUT2D eigenvalue weighted by atomic mass is 32.1. The summed E-state index contributed by atoms with van der Waals surface area (Å²) < 4.78 is 0. The lowest BCUT2D eigenvalue weighted by Gasteiger charge is -2.22. The first-order valence-electron chi connectivity index (χ1n) is 10.7. The number of aromatic nitrogens is 2. The first-order chi connectivity index (χ1) is 15.5. The number of hydrogen-bond donors (Lipinski definition) is 3. The van der Waals surface area contributed by atoms with E-state index in [-0.39, 0.29) is 17.9 Å². The zero-order chi connectivity index (χ0) is 22.9. The molecule has 8 heteroatoms. The largest absolute Gasteiger partial charge is 0.350 e. The molecule has 168 valence electrons. The van der Waals surface area contributed by atoms with Crippen molar-refractivity contribution in [3.05, 3.63) is 71.0 Å². The van der Waals surface area contributed by atoms with E-state index < -0.39 is 6.04 Å². The van der Waals surface area contributed by atoms with Crippen molar-refractivity contribution in [3.8, 4) is 10.6 Å². The lowest BCUT2D eigenvalue weighted by molar-refractivity contribution is -0.129. The number of carbonyl (C=O) groups excluding carboxylic acids is 2. The molecule has 0 radical (unpaired) electrons. The van der Waals surface area contributed by atoms with Gasteiger partial charge in [-0.15, -0.1) is 11.3 Å². The zero-order valence-corrected chi connectivity index (χ0v) is 19.2. The summed E-state index contributed by atoms with van der Waals surface area (Å²) in [4.78, 5) is 35.2. The van der Waals surface area contributed by atoms with Gasteiger partial charge in [0, 0.05) is 31.6 Å². The van der Waals surface area contributed by atoms with Gasteiger partial charge < -0.3 is 16.4 Å². The molecule has 0 fully saturated rings. The average molecular weight is 452 g/mol. The molecule has 0 unspecified atom stereocenters. The standard InChI is InChI=1S/C24H29N5O2S/c1-3-21(30)29-20(24(31)28-18(15-25)13-17-9-5-4-6-10-17)14-22-27-16(2)23(32-22)19-11-7-8-12-26-19/h4-12,18,20H,3,13-15,25H2,1-2H3,(H,28,31)(H,29,30)/t18-,20-/m0/s1. The molecule has 2 aromatic heterocycles. The highest BCUT2D eigenvalue weighted by Crippen LogP contribution is 2.29. The minimum Gasteiger partial charge on any atom is -0.350 e. The number of hydrogen-bond acceptors (Lipinski definition) is 6. The van der Waals surface area contributed by atoms with Crippen molar-refractivity contribution in [2.24, 2.45) is 5.73 Å². The number of pyridine rings is 1. The maximum atomic E-state index is 13.1. The molecule has 2 heterocycles. The monoisotopic (exact) mass is 451 g/mol. The molecule has 3 aromatic rings. The molecular weight excluding hydrogens is 422 g/mol. The van der Waals surface area contributed by atoms with E-state index in [4.69, 9.17) is 5.73 Å². The Morgan fingerprint density at radius 2 is 1.81 bits per heavy atom. The van der Waals surface area contributed by atoms with Gasteiger partial charge in [0.2, 0.25) is 11.8 Å². The van der Waals surface area contributed by atoms with Gasteiger partial charge in [0.25, 0.3) is 0 Å². The highest BCUT2D eigenvalue weighted by molar-refractivity contribution is 7.15. The van der Waals surface area contributed by atoms with Gasteiger partial charge in [0.1, 0.15) is 6.04 Å². The summed E-state index contributed by atoms with van der Waals surface area (Å²) >= 11 is 1.49. The Balaban J connectivity index is 1.74. The van der Waals surface area contributed by atoms with Crippen LogP contribution >= 0.6 is 11.3 Å². The van der Waals surface area contributed by atoms with Crippen LogP contribution in [0.3, 0.4) is 0 Å². The molecule has 7 nitrogen and oxygen atoms in total. The molecule has 1 aromatic carbocycles. The molecule has 0 spiro atoms. The third-order valence-corrected chi connectivity index (χ3v) is 6.25. The number of nitrogens with zero attached hydrogens (tertiary/aromatic N) is 2. The van der Waals surface area contributed by atoms with Crippen LogP contribution < -0.4 is 16.4 Å². The number of nitrogens with two attached hydrogens (primary N) is 1. The van der Waals surface area contributed by atoms with E-state index in [1.807, 2.05) is 55.5 Å². The van der Waals surface area contributed by atoms with Gasteiger partial charge in [-0.05, 0) is 31.0 Å². The van der Waals surface area contributed by atoms with Crippen LogP contribution in [0, 0.1) is 6.92 Å². The number of nitrogens with one attached hydrogen (secondary N) is 2. The van der Waals surface area contributed by atoms with E-state index in [2.05, 4.69) is 20.6 Å². The van der Waals surface area contributed by atoms with Gasteiger partial charge in [-0.3, -0.25) is 14.6 Å². The normalized spacial score (nSPS) is 12.7. The van der Waals surface area contributed by atoms with Gasteiger partial charge in [-0.2, -0.15) is 0 Å². The van der Waals surface area contributed by atoms with E-state index in [9.17, 15) is 9.59 Å². The van der Waals surface area contributed by atoms with Crippen molar-refractivity contribution in [3.63, 3.8) is 0 Å². The van der Waals surface area contributed by atoms with Crippen LogP contribution in [0.25, 0.3) is 10.6 Å². The van der Waals surface area contributed by atoms with Gasteiger partial charge >= 0.3 is 0 Å². The summed E-state index contributed by atoms with van der Waals surface area (Å²) in [7, 11) is 0. The third kappa shape index (κ3) is 6.45. The number of rotatable bonds is 10. The third-order valence-electron chi connectivity index (χ3n) is 5.05. The molecule has 0 saturated heterocycles. The van der Waals surface area contributed by atoms with Crippen LogP contribution in [-0.4, -0.2) is 40.4 Å². The van der Waals surface area contributed by atoms with Gasteiger partial charge in [-0.25, -0.2) is 4.98 Å².